The van der Waals surface area contributed by atoms with E-state index < -0.39 is 60.7 Å². The van der Waals surface area contributed by atoms with E-state index in [1.165, 1.54) is 26.0 Å². The molecule has 0 radical (unpaired) electrons. The van der Waals surface area contributed by atoms with Crippen molar-refractivity contribution in [2.24, 2.45) is 5.92 Å². The van der Waals surface area contributed by atoms with Crippen LogP contribution < -0.4 is 5.32 Å². The lowest BCUT2D eigenvalue weighted by atomic mass is 9.73. The molecule has 0 atom stereocenters. The molecule has 0 spiro atoms. The van der Waals surface area contributed by atoms with Crippen LogP contribution in [0.25, 0.3) is 0 Å². The van der Waals surface area contributed by atoms with E-state index in [2.05, 4.69) is 5.32 Å². The third-order valence-electron chi connectivity index (χ3n) is 5.84. The molecule has 1 amide bonds. The van der Waals surface area contributed by atoms with Gasteiger partial charge in [0.2, 0.25) is 0 Å². The lowest BCUT2D eigenvalue weighted by molar-refractivity contribution is -0.137. The number of hydrogen-bond acceptors (Lipinski definition) is 3. The molecule has 0 aliphatic heterocycles. The molecule has 0 bridgehead atoms. The Hall–Kier alpha value is -2.20. The zero-order valence-electron chi connectivity index (χ0n) is 16.9. The second-order valence-electron chi connectivity index (χ2n) is 8.25. The Morgan fingerprint density at radius 2 is 1.69 bits per heavy atom. The molecule has 4 nitrogen and oxygen atoms in total. The van der Waals surface area contributed by atoms with E-state index in [0.29, 0.717) is 12.1 Å². The Balaban J connectivity index is 1.73. The van der Waals surface area contributed by atoms with Gasteiger partial charge in [-0.2, -0.15) is 13.2 Å². The molecule has 1 aliphatic carbocycles. The molecule has 0 unspecified atom stereocenters. The highest BCUT2D eigenvalue weighted by molar-refractivity contribution is 7.92. The number of amides is 1. The maximum Gasteiger partial charge on any atom is 0.416 e. The van der Waals surface area contributed by atoms with Crippen molar-refractivity contribution in [3.63, 3.8) is 0 Å². The molecular formula is C21H19ClF5NO3S. The summed E-state index contributed by atoms with van der Waals surface area (Å²) in [5, 5.41) is 2.52. The van der Waals surface area contributed by atoms with Crippen LogP contribution in [0.4, 0.5) is 22.0 Å². The lowest BCUT2D eigenvalue weighted by Gasteiger charge is -2.45. The first-order valence-corrected chi connectivity index (χ1v) is 11.4. The van der Waals surface area contributed by atoms with Gasteiger partial charge in [0.25, 0.3) is 5.91 Å². The second-order valence-corrected chi connectivity index (χ2v) is 11.2. The van der Waals surface area contributed by atoms with Gasteiger partial charge < -0.3 is 5.32 Å². The summed E-state index contributed by atoms with van der Waals surface area (Å²) < 4.78 is 90.9. The van der Waals surface area contributed by atoms with Crippen LogP contribution in [-0.4, -0.2) is 25.1 Å². The third-order valence-corrected chi connectivity index (χ3v) is 8.72. The highest BCUT2D eigenvalue weighted by Crippen LogP contribution is 2.44. The molecule has 1 aliphatic rings. The Labute approximate surface area is 186 Å². The van der Waals surface area contributed by atoms with Crippen molar-refractivity contribution >= 4 is 27.3 Å². The summed E-state index contributed by atoms with van der Waals surface area (Å²) in [5.41, 5.74) is -1.34. The quantitative estimate of drug-likeness (QED) is 0.565. The van der Waals surface area contributed by atoms with E-state index in [1.54, 1.807) is 0 Å². The molecule has 2 aromatic carbocycles. The summed E-state index contributed by atoms with van der Waals surface area (Å²) >= 11 is 5.59. The molecule has 0 saturated heterocycles. The Bertz CT molecular complexity index is 1160. The zero-order chi connectivity index (χ0) is 24.1. The summed E-state index contributed by atoms with van der Waals surface area (Å²) in [4.78, 5) is 11.5. The third kappa shape index (κ3) is 4.61. The SMILES string of the molecule is CC(C)([C@H]1C[C@H](NC(=O)c2ccc(Cl)c(F)c2)C1)S(=O)(=O)c1cc(F)cc(C(F)(F)F)c1. The number of carbonyl (C=O) groups excluding carboxylic acids is 1. The second kappa shape index (κ2) is 8.30. The molecule has 0 heterocycles. The van der Waals surface area contributed by atoms with Crippen LogP contribution in [0.3, 0.4) is 0 Å². The average Bonchev–Trinajstić information content (AvgIpc) is 2.64. The van der Waals surface area contributed by atoms with Crippen LogP contribution in [0.2, 0.25) is 5.02 Å². The summed E-state index contributed by atoms with van der Waals surface area (Å²) in [6, 6.07) is 4.38. The first-order valence-electron chi connectivity index (χ1n) is 9.51. The van der Waals surface area contributed by atoms with Crippen LogP contribution in [0.15, 0.2) is 41.3 Å². The van der Waals surface area contributed by atoms with Crippen molar-refractivity contribution in [1.82, 2.24) is 5.32 Å². The molecule has 11 heteroatoms. The van der Waals surface area contributed by atoms with Crippen LogP contribution in [-0.2, 0) is 16.0 Å². The minimum atomic E-state index is -4.90. The predicted molar refractivity (Wildman–Crippen MR) is 108 cm³/mol. The fourth-order valence-electron chi connectivity index (χ4n) is 3.61. The highest BCUT2D eigenvalue weighted by Gasteiger charge is 2.49. The summed E-state index contributed by atoms with van der Waals surface area (Å²) in [6.45, 7) is 2.72. The number of hydrogen-bond donors (Lipinski definition) is 1. The van der Waals surface area contributed by atoms with Crippen LogP contribution in [0, 0.1) is 17.6 Å². The van der Waals surface area contributed by atoms with E-state index in [-0.39, 0.29) is 29.5 Å². The maximum atomic E-state index is 13.7. The van der Waals surface area contributed by atoms with E-state index in [9.17, 15) is 35.2 Å². The molecule has 174 valence electrons. The number of alkyl halides is 3. The topological polar surface area (TPSA) is 63.2 Å². The van der Waals surface area contributed by atoms with Gasteiger partial charge in [-0.15, -0.1) is 0 Å². The van der Waals surface area contributed by atoms with Crippen molar-refractivity contribution in [2.45, 2.75) is 48.5 Å². The number of carbonyl (C=O) groups is 1. The van der Waals surface area contributed by atoms with Gasteiger partial charge in [0.05, 0.1) is 20.2 Å². The molecule has 3 rings (SSSR count). The van der Waals surface area contributed by atoms with Crippen molar-refractivity contribution in [3.8, 4) is 0 Å². The fraction of sp³-hybridized carbons (Fsp3) is 0.381. The van der Waals surface area contributed by atoms with Gasteiger partial charge in [0.15, 0.2) is 9.84 Å². The molecule has 1 N–H and O–H groups in total. The van der Waals surface area contributed by atoms with Crippen LogP contribution in [0.1, 0.15) is 42.6 Å². The Morgan fingerprint density at radius 1 is 1.06 bits per heavy atom. The standard InChI is InChI=1S/C21H19ClF5NO3S/c1-20(2,32(30,31)16-9-13(21(25,26)27)6-14(23)10-16)12-7-15(8-12)28-19(29)11-3-4-17(22)18(24)5-11/h3-6,9-10,12,15H,7-8H2,1-2H3,(H,28,29)/t12-,15-. The van der Waals surface area contributed by atoms with Gasteiger partial charge in [0, 0.05) is 11.6 Å². The number of sulfone groups is 1. The van der Waals surface area contributed by atoms with Gasteiger partial charge in [-0.05, 0) is 69.0 Å². The maximum absolute atomic E-state index is 13.7. The molecule has 0 aromatic heterocycles. The number of nitrogens with one attached hydrogen (secondary N) is 1. The summed E-state index contributed by atoms with van der Waals surface area (Å²) in [5.74, 6) is -3.13. The number of halogens is 6. The molecule has 32 heavy (non-hydrogen) atoms. The number of benzene rings is 2. The Kier molecular flexibility index (Phi) is 6.34. The van der Waals surface area contributed by atoms with Crippen LogP contribution >= 0.6 is 11.6 Å². The molecule has 2 aromatic rings. The van der Waals surface area contributed by atoms with Gasteiger partial charge in [-0.1, -0.05) is 11.6 Å². The van der Waals surface area contributed by atoms with Crippen molar-refractivity contribution < 1.29 is 35.2 Å². The van der Waals surface area contributed by atoms with Crippen molar-refractivity contribution in [1.29, 1.82) is 0 Å². The van der Waals surface area contributed by atoms with Gasteiger partial charge in [-0.3, -0.25) is 4.79 Å². The number of rotatable bonds is 5. The van der Waals surface area contributed by atoms with Gasteiger partial charge in [0.1, 0.15) is 11.6 Å². The molecular weight excluding hydrogens is 477 g/mol. The average molecular weight is 496 g/mol. The first-order chi connectivity index (χ1) is 14.6. The molecule has 1 fully saturated rings. The van der Waals surface area contributed by atoms with Crippen LogP contribution in [0.5, 0.6) is 0 Å². The minimum absolute atomic E-state index is 0.0432. The van der Waals surface area contributed by atoms with E-state index in [1.807, 2.05) is 0 Å². The van der Waals surface area contributed by atoms with E-state index >= 15 is 0 Å². The largest absolute Gasteiger partial charge is 0.416 e. The first kappa shape index (κ1) is 24.4. The highest BCUT2D eigenvalue weighted by atomic mass is 35.5. The van der Waals surface area contributed by atoms with E-state index in [0.717, 1.165) is 6.07 Å². The lowest BCUT2D eigenvalue weighted by Crippen LogP contribution is -2.53. The smallest absolute Gasteiger partial charge is 0.349 e. The predicted octanol–water partition coefficient (Wildman–Crippen LogP) is 5.40. The van der Waals surface area contributed by atoms with Gasteiger partial charge >= 0.3 is 6.18 Å². The van der Waals surface area contributed by atoms with Crippen molar-refractivity contribution in [3.05, 3.63) is 64.2 Å². The van der Waals surface area contributed by atoms with E-state index in [4.69, 9.17) is 11.6 Å². The van der Waals surface area contributed by atoms with Crippen molar-refractivity contribution in [2.75, 3.05) is 0 Å². The zero-order valence-corrected chi connectivity index (χ0v) is 18.5. The fourth-order valence-corrected chi connectivity index (χ4v) is 5.52. The monoisotopic (exact) mass is 495 g/mol. The summed E-state index contributed by atoms with van der Waals surface area (Å²) in [6.07, 6.45) is -4.44. The summed E-state index contributed by atoms with van der Waals surface area (Å²) in [7, 11) is -4.34. The Morgan fingerprint density at radius 3 is 2.25 bits per heavy atom. The molecule has 1 saturated carbocycles. The minimum Gasteiger partial charge on any atom is -0.349 e. The van der Waals surface area contributed by atoms with Gasteiger partial charge in [-0.25, -0.2) is 17.2 Å². The normalized spacial score (nSPS) is 19.4.